The maximum Gasteiger partial charge on any atom is 0.0895 e. The quantitative estimate of drug-likeness (QED) is 0.759. The second-order valence-corrected chi connectivity index (χ2v) is 5.23. The van der Waals surface area contributed by atoms with Gasteiger partial charge in [-0.3, -0.25) is 0 Å². The summed E-state index contributed by atoms with van der Waals surface area (Å²) in [6, 6.07) is 5.12. The lowest BCUT2D eigenvalue weighted by atomic mass is 9.92. The van der Waals surface area contributed by atoms with Crippen LogP contribution in [-0.4, -0.2) is 31.9 Å². The van der Waals surface area contributed by atoms with Crippen LogP contribution in [0.3, 0.4) is 0 Å². The first kappa shape index (κ1) is 15.7. The highest BCUT2D eigenvalue weighted by molar-refractivity contribution is 6.33. The molecule has 0 amide bonds. The minimum Gasteiger partial charge on any atom is -0.385 e. The molecule has 0 fully saturated rings. The summed E-state index contributed by atoms with van der Waals surface area (Å²) in [6.07, 6.45) is 0.552. The van der Waals surface area contributed by atoms with E-state index in [9.17, 15) is 5.11 Å². The molecule has 2 N–H and O–H groups in total. The fourth-order valence-electron chi connectivity index (χ4n) is 1.68. The molecule has 0 heterocycles. The lowest BCUT2D eigenvalue weighted by molar-refractivity contribution is 0.0476. The summed E-state index contributed by atoms with van der Waals surface area (Å²) in [5.74, 6) is 0. The third kappa shape index (κ3) is 4.75. The molecular weight excluding hydrogens is 273 g/mol. The number of ether oxygens (including phenoxy) is 1. The topological polar surface area (TPSA) is 41.5 Å². The van der Waals surface area contributed by atoms with Crippen molar-refractivity contribution in [3.63, 3.8) is 0 Å². The van der Waals surface area contributed by atoms with Gasteiger partial charge in [0.05, 0.1) is 12.2 Å². The lowest BCUT2D eigenvalue weighted by Crippen LogP contribution is -2.29. The molecule has 1 rings (SSSR count). The lowest BCUT2D eigenvalue weighted by Gasteiger charge is -2.25. The van der Waals surface area contributed by atoms with Gasteiger partial charge >= 0.3 is 0 Å². The first-order chi connectivity index (χ1) is 8.47. The third-order valence-electron chi connectivity index (χ3n) is 2.78. The number of rotatable bonds is 7. The Morgan fingerprint density at radius 2 is 2.06 bits per heavy atom. The molecule has 102 valence electrons. The Bertz CT molecular complexity index is 383. The molecule has 0 spiro atoms. The van der Waals surface area contributed by atoms with E-state index in [0.717, 1.165) is 6.54 Å². The number of halogens is 2. The van der Waals surface area contributed by atoms with Crippen LogP contribution in [0.5, 0.6) is 0 Å². The highest BCUT2D eigenvalue weighted by atomic mass is 35.5. The number of hydrogen-bond acceptors (Lipinski definition) is 3. The molecule has 1 aromatic rings. The van der Waals surface area contributed by atoms with Crippen LogP contribution >= 0.6 is 23.2 Å². The van der Waals surface area contributed by atoms with Crippen molar-refractivity contribution in [2.45, 2.75) is 18.9 Å². The zero-order valence-corrected chi connectivity index (χ0v) is 12.2. The highest BCUT2D eigenvalue weighted by Crippen LogP contribution is 2.32. The standard InChI is InChI=1S/C13H19Cl2NO2/c1-13(17,5-6-16-7-8-18-2)11-9-10(14)3-4-12(11)15/h3-4,9,16-17H,5-8H2,1-2H3. The molecule has 0 radical (unpaired) electrons. The van der Waals surface area contributed by atoms with E-state index in [4.69, 9.17) is 27.9 Å². The summed E-state index contributed by atoms with van der Waals surface area (Å²) >= 11 is 12.0. The zero-order valence-electron chi connectivity index (χ0n) is 10.7. The first-order valence-electron chi connectivity index (χ1n) is 5.85. The SMILES string of the molecule is COCCNCCC(C)(O)c1cc(Cl)ccc1Cl. The summed E-state index contributed by atoms with van der Waals surface area (Å²) in [7, 11) is 1.66. The monoisotopic (exact) mass is 291 g/mol. The fourth-order valence-corrected chi connectivity index (χ4v) is 2.17. The summed E-state index contributed by atoms with van der Waals surface area (Å²) in [5.41, 5.74) is -0.340. The van der Waals surface area contributed by atoms with Gasteiger partial charge < -0.3 is 15.2 Å². The predicted molar refractivity (Wildman–Crippen MR) is 75.4 cm³/mol. The number of benzene rings is 1. The Morgan fingerprint density at radius 1 is 1.33 bits per heavy atom. The van der Waals surface area contributed by atoms with Gasteiger partial charge in [0, 0.05) is 29.3 Å². The van der Waals surface area contributed by atoms with Gasteiger partial charge in [-0.25, -0.2) is 0 Å². The molecule has 0 aliphatic heterocycles. The second-order valence-electron chi connectivity index (χ2n) is 4.39. The van der Waals surface area contributed by atoms with Crippen molar-refractivity contribution in [2.75, 3.05) is 26.8 Å². The van der Waals surface area contributed by atoms with Crippen molar-refractivity contribution in [1.29, 1.82) is 0 Å². The van der Waals surface area contributed by atoms with E-state index in [0.29, 0.717) is 35.2 Å². The van der Waals surface area contributed by atoms with Gasteiger partial charge in [-0.05, 0) is 38.1 Å². The van der Waals surface area contributed by atoms with Gasteiger partial charge in [-0.1, -0.05) is 23.2 Å². The molecule has 1 unspecified atom stereocenters. The molecule has 0 aromatic heterocycles. The van der Waals surface area contributed by atoms with Crippen molar-refractivity contribution < 1.29 is 9.84 Å². The van der Waals surface area contributed by atoms with Crippen LogP contribution in [-0.2, 0) is 10.3 Å². The van der Waals surface area contributed by atoms with E-state index in [2.05, 4.69) is 5.32 Å². The molecule has 1 atom stereocenters. The molecule has 0 aliphatic rings. The number of hydrogen-bond donors (Lipinski definition) is 2. The molecule has 0 saturated carbocycles. The summed E-state index contributed by atoms with van der Waals surface area (Å²) in [4.78, 5) is 0. The van der Waals surface area contributed by atoms with Gasteiger partial charge in [-0.2, -0.15) is 0 Å². The molecule has 0 saturated heterocycles. The van der Waals surface area contributed by atoms with Crippen LogP contribution in [0.25, 0.3) is 0 Å². The van der Waals surface area contributed by atoms with Crippen LogP contribution in [0.4, 0.5) is 0 Å². The number of nitrogens with one attached hydrogen (secondary N) is 1. The van der Waals surface area contributed by atoms with Gasteiger partial charge in [0.2, 0.25) is 0 Å². The minimum absolute atomic E-state index is 0.529. The van der Waals surface area contributed by atoms with E-state index in [1.807, 2.05) is 0 Å². The summed E-state index contributed by atoms with van der Waals surface area (Å²) < 4.78 is 4.93. The summed E-state index contributed by atoms with van der Waals surface area (Å²) in [5, 5.41) is 14.7. The Hall–Kier alpha value is -0.320. The van der Waals surface area contributed by atoms with Gasteiger partial charge in [0.25, 0.3) is 0 Å². The number of aliphatic hydroxyl groups is 1. The zero-order chi connectivity index (χ0) is 13.6. The molecule has 1 aromatic carbocycles. The van der Waals surface area contributed by atoms with Crippen LogP contribution in [0, 0.1) is 0 Å². The van der Waals surface area contributed by atoms with Crippen molar-refractivity contribution in [3.8, 4) is 0 Å². The van der Waals surface area contributed by atoms with Crippen LogP contribution < -0.4 is 5.32 Å². The molecule has 0 aliphatic carbocycles. The van der Waals surface area contributed by atoms with E-state index < -0.39 is 5.60 Å². The molecule has 5 heteroatoms. The second kappa shape index (κ2) is 7.31. The Labute approximate surface area is 118 Å². The predicted octanol–water partition coefficient (Wildman–Crippen LogP) is 2.83. The van der Waals surface area contributed by atoms with Crippen LogP contribution in [0.2, 0.25) is 10.0 Å². The van der Waals surface area contributed by atoms with Gasteiger partial charge in [-0.15, -0.1) is 0 Å². The van der Waals surface area contributed by atoms with E-state index >= 15 is 0 Å². The Morgan fingerprint density at radius 3 is 2.72 bits per heavy atom. The molecule has 3 nitrogen and oxygen atoms in total. The van der Waals surface area contributed by atoms with Gasteiger partial charge in [0.15, 0.2) is 0 Å². The fraction of sp³-hybridized carbons (Fsp3) is 0.538. The Balaban J connectivity index is 2.59. The van der Waals surface area contributed by atoms with Crippen molar-refractivity contribution in [2.24, 2.45) is 0 Å². The maximum atomic E-state index is 10.4. The number of methoxy groups -OCH3 is 1. The maximum absolute atomic E-state index is 10.4. The average Bonchev–Trinajstić information content (AvgIpc) is 2.32. The smallest absolute Gasteiger partial charge is 0.0895 e. The highest BCUT2D eigenvalue weighted by Gasteiger charge is 2.25. The van der Waals surface area contributed by atoms with Gasteiger partial charge in [0.1, 0.15) is 0 Å². The van der Waals surface area contributed by atoms with E-state index in [-0.39, 0.29) is 0 Å². The average molecular weight is 292 g/mol. The van der Waals surface area contributed by atoms with Crippen LogP contribution in [0.15, 0.2) is 18.2 Å². The largest absolute Gasteiger partial charge is 0.385 e. The van der Waals surface area contributed by atoms with Crippen molar-refractivity contribution >= 4 is 23.2 Å². The first-order valence-corrected chi connectivity index (χ1v) is 6.60. The minimum atomic E-state index is -0.998. The van der Waals surface area contributed by atoms with Crippen molar-refractivity contribution in [1.82, 2.24) is 5.32 Å². The summed E-state index contributed by atoms with van der Waals surface area (Å²) in [6.45, 7) is 3.83. The molecule has 0 bridgehead atoms. The molecular formula is C13H19Cl2NO2. The normalized spacial score (nSPS) is 14.5. The third-order valence-corrected chi connectivity index (χ3v) is 3.34. The Kier molecular flexibility index (Phi) is 6.39. The van der Waals surface area contributed by atoms with Crippen LogP contribution in [0.1, 0.15) is 18.9 Å². The molecule has 18 heavy (non-hydrogen) atoms. The van der Waals surface area contributed by atoms with E-state index in [1.165, 1.54) is 0 Å². The van der Waals surface area contributed by atoms with E-state index in [1.54, 1.807) is 32.2 Å². The van der Waals surface area contributed by atoms with Crippen molar-refractivity contribution in [3.05, 3.63) is 33.8 Å².